The van der Waals surface area contributed by atoms with Crippen LogP contribution < -0.4 is 5.56 Å². The van der Waals surface area contributed by atoms with Gasteiger partial charge in [-0.1, -0.05) is 0 Å². The number of nitrogens with zero attached hydrogens (tertiary/aromatic N) is 3. The molecular weight excluding hydrogens is 311 g/mol. The number of fused-ring (bicyclic) bond motifs is 1. The number of aryl methyl sites for hydroxylation is 2. The molecule has 0 saturated carbocycles. The molecule has 0 atom stereocenters. The second kappa shape index (κ2) is 6.74. The molecule has 2 aromatic heterocycles. The summed E-state index contributed by atoms with van der Waals surface area (Å²) < 4.78 is 47.3. The summed E-state index contributed by atoms with van der Waals surface area (Å²) in [6.45, 7) is 2.47. The van der Waals surface area contributed by atoms with Crippen molar-refractivity contribution >= 4 is 11.0 Å². The second-order valence-electron chi connectivity index (χ2n) is 5.51. The zero-order chi connectivity index (χ0) is 17.2. The average Bonchev–Trinajstić information content (AvgIpc) is 2.69. The number of hydrogen-bond donors (Lipinski definition) is 0. The van der Waals surface area contributed by atoms with Gasteiger partial charge in [0.1, 0.15) is 0 Å². The van der Waals surface area contributed by atoms with Gasteiger partial charge in [-0.3, -0.25) is 9.48 Å². The van der Waals surface area contributed by atoms with Crippen molar-refractivity contribution in [2.24, 2.45) is 7.05 Å². The summed E-state index contributed by atoms with van der Waals surface area (Å²) in [7, 11) is 3.17. The number of pyridine rings is 1. The molecule has 5 nitrogen and oxygen atoms in total. The van der Waals surface area contributed by atoms with Gasteiger partial charge >= 0.3 is 6.18 Å². The van der Waals surface area contributed by atoms with Gasteiger partial charge in [-0.15, -0.1) is 0 Å². The lowest BCUT2D eigenvalue weighted by Gasteiger charge is -2.08. The first-order valence-electron chi connectivity index (χ1n) is 7.40. The van der Waals surface area contributed by atoms with Crippen LogP contribution in [0.3, 0.4) is 0 Å². The van der Waals surface area contributed by atoms with Gasteiger partial charge in [0.05, 0.1) is 10.9 Å². The lowest BCUT2D eigenvalue weighted by atomic mass is 10.1. The van der Waals surface area contributed by atoms with E-state index in [1.54, 1.807) is 14.2 Å². The van der Waals surface area contributed by atoms with E-state index in [1.165, 1.54) is 16.3 Å². The van der Waals surface area contributed by atoms with Gasteiger partial charge < -0.3 is 4.74 Å². The average molecular weight is 331 g/mol. The Kier molecular flexibility index (Phi) is 5.13. The molecule has 0 aliphatic rings. The molecule has 0 saturated heterocycles. The number of ether oxygens (including phenoxy) is 1. The van der Waals surface area contributed by atoms with Crippen LogP contribution in [0.1, 0.15) is 30.5 Å². The van der Waals surface area contributed by atoms with Crippen LogP contribution >= 0.6 is 0 Å². The van der Waals surface area contributed by atoms with Crippen LogP contribution in [0.25, 0.3) is 11.0 Å². The fourth-order valence-corrected chi connectivity index (χ4v) is 2.64. The molecule has 0 N–H and O–H groups in total. The third-order valence-electron chi connectivity index (χ3n) is 3.77. The maximum absolute atomic E-state index is 13.2. The highest BCUT2D eigenvalue weighted by atomic mass is 19.4. The van der Waals surface area contributed by atoms with Crippen LogP contribution in [0.4, 0.5) is 13.2 Å². The minimum absolute atomic E-state index is 0.0687. The van der Waals surface area contributed by atoms with E-state index in [9.17, 15) is 18.0 Å². The fraction of sp³-hybridized carbons (Fsp3) is 0.600. The van der Waals surface area contributed by atoms with Crippen molar-refractivity contribution < 1.29 is 17.9 Å². The largest absolute Gasteiger partial charge is 0.417 e. The van der Waals surface area contributed by atoms with E-state index in [2.05, 4.69) is 4.98 Å². The molecule has 0 aromatic carbocycles. The van der Waals surface area contributed by atoms with Crippen LogP contribution in [0.2, 0.25) is 0 Å². The van der Waals surface area contributed by atoms with Crippen molar-refractivity contribution in [1.29, 1.82) is 0 Å². The van der Waals surface area contributed by atoms with Gasteiger partial charge in [-0.25, -0.2) is 9.67 Å². The predicted octanol–water partition coefficient (Wildman–Crippen LogP) is 2.88. The predicted molar refractivity (Wildman–Crippen MR) is 80.4 cm³/mol. The molecule has 0 amide bonds. The Labute approximate surface area is 131 Å². The third kappa shape index (κ3) is 3.57. The highest BCUT2D eigenvalue weighted by molar-refractivity contribution is 5.79. The van der Waals surface area contributed by atoms with Crippen LogP contribution in [0.15, 0.2) is 10.9 Å². The highest BCUT2D eigenvalue weighted by Gasteiger charge is 2.35. The second-order valence-corrected chi connectivity index (χ2v) is 5.51. The summed E-state index contributed by atoms with van der Waals surface area (Å²) in [5.74, 6) is 0. The Morgan fingerprint density at radius 1 is 1.26 bits per heavy atom. The normalized spacial score (nSPS) is 12.3. The Hall–Kier alpha value is -1.83. The lowest BCUT2D eigenvalue weighted by molar-refractivity contribution is -0.136. The van der Waals surface area contributed by atoms with Gasteiger partial charge in [0.15, 0.2) is 5.65 Å². The van der Waals surface area contributed by atoms with Gasteiger partial charge in [-0.2, -0.15) is 13.2 Å². The van der Waals surface area contributed by atoms with Gasteiger partial charge in [-0.05, 0) is 32.3 Å². The molecule has 2 aromatic rings. The van der Waals surface area contributed by atoms with Gasteiger partial charge in [0.25, 0.3) is 5.56 Å². The Morgan fingerprint density at radius 3 is 2.57 bits per heavy atom. The van der Waals surface area contributed by atoms with Crippen molar-refractivity contribution in [3.05, 3.63) is 27.7 Å². The summed E-state index contributed by atoms with van der Waals surface area (Å²) in [5.41, 5.74) is -1.26. The Morgan fingerprint density at radius 2 is 1.96 bits per heavy atom. The van der Waals surface area contributed by atoms with E-state index in [-0.39, 0.29) is 16.7 Å². The monoisotopic (exact) mass is 331 g/mol. The fourth-order valence-electron chi connectivity index (χ4n) is 2.64. The van der Waals surface area contributed by atoms with Gasteiger partial charge in [0, 0.05) is 33.0 Å². The number of aromatic nitrogens is 3. The summed E-state index contributed by atoms with van der Waals surface area (Å²) >= 11 is 0. The van der Waals surface area contributed by atoms with E-state index in [0.717, 1.165) is 18.9 Å². The summed E-state index contributed by atoms with van der Waals surface area (Å²) in [6.07, 6.45) is -2.21. The summed E-state index contributed by atoms with van der Waals surface area (Å²) in [5, 5.41) is -0.359. The Balaban J connectivity index is 2.43. The van der Waals surface area contributed by atoms with Crippen LogP contribution in [-0.4, -0.2) is 28.1 Å². The molecule has 23 heavy (non-hydrogen) atoms. The van der Waals surface area contributed by atoms with Crippen molar-refractivity contribution in [3.63, 3.8) is 0 Å². The van der Waals surface area contributed by atoms with E-state index in [0.29, 0.717) is 19.6 Å². The maximum Gasteiger partial charge on any atom is 0.417 e. The number of rotatable bonds is 6. The summed E-state index contributed by atoms with van der Waals surface area (Å²) in [6, 6.07) is 0.923. The first-order valence-corrected chi connectivity index (χ1v) is 7.40. The topological polar surface area (TPSA) is 49.1 Å². The molecule has 0 unspecified atom stereocenters. The molecule has 8 heteroatoms. The molecule has 0 fully saturated rings. The number of alkyl halides is 3. The Bertz CT molecular complexity index is 747. The van der Waals surface area contributed by atoms with Crippen molar-refractivity contribution in [2.75, 3.05) is 13.7 Å². The summed E-state index contributed by atoms with van der Waals surface area (Å²) in [4.78, 5) is 16.5. The van der Waals surface area contributed by atoms with Crippen LogP contribution in [-0.2, 0) is 24.5 Å². The molecule has 2 rings (SSSR count). The number of methoxy groups -OCH3 is 1. The van der Waals surface area contributed by atoms with Crippen molar-refractivity contribution in [2.45, 2.75) is 38.9 Å². The quantitative estimate of drug-likeness (QED) is 0.765. The molecule has 0 spiro atoms. The number of hydrogen-bond acceptors (Lipinski definition) is 3. The molecule has 0 bridgehead atoms. The minimum Gasteiger partial charge on any atom is -0.385 e. The molecular formula is C15H20F3N3O2. The number of unbranched alkanes of at least 4 members (excludes halogenated alkanes) is 2. The van der Waals surface area contributed by atoms with E-state index in [4.69, 9.17) is 4.74 Å². The van der Waals surface area contributed by atoms with E-state index in [1.807, 2.05) is 0 Å². The molecule has 2 heterocycles. The third-order valence-corrected chi connectivity index (χ3v) is 3.77. The molecule has 128 valence electrons. The zero-order valence-electron chi connectivity index (χ0n) is 13.4. The number of halogens is 3. The lowest BCUT2D eigenvalue weighted by Crippen LogP contribution is -2.22. The SMILES string of the molecule is COCCCCCn1c(=O)c2c(C(F)(F)F)cc(C)nc2n1C. The van der Waals surface area contributed by atoms with Crippen molar-refractivity contribution in [3.8, 4) is 0 Å². The van der Waals surface area contributed by atoms with Crippen molar-refractivity contribution in [1.82, 2.24) is 14.3 Å². The highest BCUT2D eigenvalue weighted by Crippen LogP contribution is 2.33. The standard InChI is InChI=1S/C15H20F3N3O2/c1-10-9-11(15(16,17)18)12-13(19-10)20(2)21(14(12)22)7-5-4-6-8-23-3/h9H,4-8H2,1-3H3. The van der Waals surface area contributed by atoms with E-state index < -0.39 is 17.3 Å². The van der Waals surface area contributed by atoms with Crippen LogP contribution in [0, 0.1) is 6.92 Å². The first-order chi connectivity index (χ1) is 10.8. The van der Waals surface area contributed by atoms with E-state index >= 15 is 0 Å². The first kappa shape index (κ1) is 17.5. The minimum atomic E-state index is -4.58. The van der Waals surface area contributed by atoms with Crippen LogP contribution in [0.5, 0.6) is 0 Å². The molecule has 0 aliphatic carbocycles. The molecule has 0 radical (unpaired) electrons. The zero-order valence-corrected chi connectivity index (χ0v) is 13.4. The molecule has 0 aliphatic heterocycles. The van der Waals surface area contributed by atoms with Gasteiger partial charge in [0.2, 0.25) is 0 Å². The smallest absolute Gasteiger partial charge is 0.385 e. The maximum atomic E-state index is 13.2.